The number of methoxy groups -OCH3 is 2. The van der Waals surface area contributed by atoms with Gasteiger partial charge in [-0.25, -0.2) is 19.3 Å². The van der Waals surface area contributed by atoms with Crippen molar-refractivity contribution in [3.8, 4) is 11.5 Å². The molecule has 2 heterocycles. The van der Waals surface area contributed by atoms with Crippen LogP contribution in [0.4, 0.5) is 16.2 Å². The molecule has 11 heteroatoms. The Kier molecular flexibility index (Phi) is 7.26. The van der Waals surface area contributed by atoms with Crippen LogP contribution in [0.2, 0.25) is 5.15 Å². The van der Waals surface area contributed by atoms with Gasteiger partial charge in [-0.15, -0.1) is 0 Å². The maximum atomic E-state index is 13.1. The lowest BCUT2D eigenvalue weighted by molar-refractivity contribution is 0.0997. The Morgan fingerprint density at radius 1 is 1.16 bits per heavy atom. The number of anilines is 2. The Morgan fingerprint density at radius 3 is 2.63 bits per heavy atom. The van der Waals surface area contributed by atoms with E-state index in [0.717, 1.165) is 22.6 Å². The zero-order valence-electron chi connectivity index (χ0n) is 21.3. The highest BCUT2D eigenvalue weighted by molar-refractivity contribution is 6.30. The Bertz CT molecular complexity index is 1460. The fraction of sp³-hybridized carbons (Fsp3) is 0.296. The van der Waals surface area contributed by atoms with Gasteiger partial charge in [0.05, 0.1) is 44.3 Å². The number of nitrogen functional groups attached to an aromatic ring is 1. The van der Waals surface area contributed by atoms with Gasteiger partial charge in [-0.1, -0.05) is 29.8 Å². The molecule has 1 fully saturated rings. The topological polar surface area (TPSA) is 117 Å². The van der Waals surface area contributed by atoms with Crippen LogP contribution in [0.3, 0.4) is 0 Å². The van der Waals surface area contributed by atoms with Crippen LogP contribution >= 0.6 is 11.6 Å². The number of amides is 1. The average molecular weight is 537 g/mol. The maximum absolute atomic E-state index is 13.1. The highest BCUT2D eigenvalue weighted by Gasteiger charge is 2.40. The largest absolute Gasteiger partial charge is 0.497 e. The standard InChI is InChI=1S/C27H29ClN6O4/c1-33(13-16-4-7-18(36-2)8-5-16)21-12-24(28)32-26-25(21)30-15-34(26)27(35)31-20-11-23(20)38-14-17-6-9-22(37-3)19(29)10-17/h4-10,12,15,20,23H,11,13-14,29H2,1-3H3,(H,31,35)/t20-,23-/m1/s1. The van der Waals surface area contributed by atoms with Crippen molar-refractivity contribution in [2.75, 3.05) is 31.9 Å². The number of nitrogens with two attached hydrogens (primary N) is 1. The molecule has 0 bridgehead atoms. The molecule has 1 aliphatic rings. The van der Waals surface area contributed by atoms with Crippen molar-refractivity contribution in [1.82, 2.24) is 19.9 Å². The molecule has 1 aliphatic carbocycles. The molecule has 10 nitrogen and oxygen atoms in total. The second kappa shape index (κ2) is 10.8. The minimum absolute atomic E-state index is 0.0835. The first-order valence-corrected chi connectivity index (χ1v) is 12.5. The number of ether oxygens (including phenoxy) is 3. The summed E-state index contributed by atoms with van der Waals surface area (Å²) in [6.45, 7) is 1.000. The lowest BCUT2D eigenvalue weighted by atomic mass is 10.2. The molecule has 5 rings (SSSR count). The highest BCUT2D eigenvalue weighted by Crippen LogP contribution is 2.30. The summed E-state index contributed by atoms with van der Waals surface area (Å²) in [6, 6.07) is 14.7. The van der Waals surface area contributed by atoms with E-state index >= 15 is 0 Å². The predicted octanol–water partition coefficient (Wildman–Crippen LogP) is 4.24. The minimum atomic E-state index is -0.337. The monoisotopic (exact) mass is 536 g/mol. The molecule has 4 aromatic rings. The molecule has 0 aliphatic heterocycles. The number of hydrogen-bond donors (Lipinski definition) is 2. The number of carbonyl (C=O) groups excluding carboxylic acids is 1. The number of imidazole rings is 1. The molecular weight excluding hydrogens is 508 g/mol. The molecular formula is C27H29ClN6O4. The second-order valence-corrected chi connectivity index (χ2v) is 9.56. The highest BCUT2D eigenvalue weighted by atomic mass is 35.5. The van der Waals surface area contributed by atoms with Gasteiger partial charge in [0.2, 0.25) is 0 Å². The summed E-state index contributed by atoms with van der Waals surface area (Å²) in [5, 5.41) is 3.26. The van der Waals surface area contributed by atoms with Gasteiger partial charge in [0, 0.05) is 19.7 Å². The van der Waals surface area contributed by atoms with Crippen molar-refractivity contribution in [2.45, 2.75) is 31.7 Å². The number of fused-ring (bicyclic) bond motifs is 1. The van der Waals surface area contributed by atoms with Gasteiger partial charge >= 0.3 is 6.03 Å². The normalized spacial score (nSPS) is 16.3. The fourth-order valence-corrected chi connectivity index (χ4v) is 4.47. The zero-order chi connectivity index (χ0) is 26.8. The minimum Gasteiger partial charge on any atom is -0.497 e. The summed E-state index contributed by atoms with van der Waals surface area (Å²) in [7, 11) is 5.16. The smallest absolute Gasteiger partial charge is 0.328 e. The summed E-state index contributed by atoms with van der Waals surface area (Å²) in [6.07, 6.45) is 2.10. The molecule has 2 aromatic carbocycles. The van der Waals surface area contributed by atoms with Gasteiger partial charge in [-0.2, -0.15) is 0 Å². The van der Waals surface area contributed by atoms with Gasteiger partial charge < -0.3 is 30.2 Å². The van der Waals surface area contributed by atoms with Crippen molar-refractivity contribution in [2.24, 2.45) is 0 Å². The molecule has 38 heavy (non-hydrogen) atoms. The van der Waals surface area contributed by atoms with Crippen molar-refractivity contribution in [3.63, 3.8) is 0 Å². The van der Waals surface area contributed by atoms with E-state index in [2.05, 4.69) is 15.3 Å². The average Bonchev–Trinajstić information content (AvgIpc) is 3.51. The van der Waals surface area contributed by atoms with Crippen molar-refractivity contribution in [1.29, 1.82) is 0 Å². The van der Waals surface area contributed by atoms with E-state index in [4.69, 9.17) is 31.5 Å². The van der Waals surface area contributed by atoms with Gasteiger partial charge in [0.1, 0.15) is 28.5 Å². The van der Waals surface area contributed by atoms with Crippen molar-refractivity contribution in [3.05, 3.63) is 71.1 Å². The van der Waals surface area contributed by atoms with Crippen LogP contribution < -0.4 is 25.4 Å². The summed E-state index contributed by atoms with van der Waals surface area (Å²) in [5.74, 6) is 1.42. The van der Waals surface area contributed by atoms with Crippen LogP contribution in [0, 0.1) is 0 Å². The molecule has 0 saturated heterocycles. The van der Waals surface area contributed by atoms with Crippen LogP contribution in [0.1, 0.15) is 17.5 Å². The summed E-state index contributed by atoms with van der Waals surface area (Å²) < 4.78 is 17.7. The molecule has 3 N–H and O–H groups in total. The van der Waals surface area contributed by atoms with Gasteiger partial charge in [-0.05, 0) is 41.8 Å². The van der Waals surface area contributed by atoms with E-state index in [9.17, 15) is 4.79 Å². The number of benzene rings is 2. The number of rotatable bonds is 9. The molecule has 198 valence electrons. The lowest BCUT2D eigenvalue weighted by Gasteiger charge is -2.20. The third kappa shape index (κ3) is 5.46. The number of aromatic nitrogens is 3. The number of nitrogens with one attached hydrogen (secondary N) is 1. The van der Waals surface area contributed by atoms with Gasteiger partial charge in [-0.3, -0.25) is 0 Å². The molecule has 1 amide bonds. The quantitative estimate of drug-likeness (QED) is 0.241. The van der Waals surface area contributed by atoms with E-state index < -0.39 is 0 Å². The van der Waals surface area contributed by atoms with Crippen molar-refractivity contribution < 1.29 is 19.0 Å². The first-order valence-electron chi connectivity index (χ1n) is 12.1. The van der Waals surface area contributed by atoms with Gasteiger partial charge in [0.15, 0.2) is 5.65 Å². The second-order valence-electron chi connectivity index (χ2n) is 9.17. The first-order chi connectivity index (χ1) is 18.4. The van der Waals surface area contributed by atoms with E-state index in [1.807, 2.05) is 54.4 Å². The molecule has 0 spiro atoms. The number of nitrogens with zero attached hydrogens (tertiary/aromatic N) is 4. The molecule has 1 saturated carbocycles. The SMILES string of the molecule is COc1ccc(CN(C)c2cc(Cl)nc3c2ncn3C(=O)N[C@@H]2C[C@H]2OCc2ccc(OC)c(N)c2)cc1. The number of carbonyl (C=O) groups is 1. The summed E-state index contributed by atoms with van der Waals surface area (Å²) in [5.41, 5.74) is 10.3. The summed E-state index contributed by atoms with van der Waals surface area (Å²) in [4.78, 5) is 23.9. The number of hydrogen-bond acceptors (Lipinski definition) is 8. The Labute approximate surface area is 225 Å². The van der Waals surface area contributed by atoms with Crippen molar-refractivity contribution >= 4 is 40.2 Å². The Balaban J connectivity index is 1.23. The molecule has 2 aromatic heterocycles. The fourth-order valence-electron chi connectivity index (χ4n) is 4.29. The van der Waals surface area contributed by atoms with Gasteiger partial charge in [0.25, 0.3) is 0 Å². The summed E-state index contributed by atoms with van der Waals surface area (Å²) >= 11 is 6.35. The molecule has 0 unspecified atom stereocenters. The van der Waals surface area contributed by atoms with Crippen LogP contribution in [0.25, 0.3) is 11.2 Å². The van der Waals surface area contributed by atoms with E-state index in [-0.39, 0.29) is 23.3 Å². The Morgan fingerprint density at radius 2 is 1.92 bits per heavy atom. The third-order valence-electron chi connectivity index (χ3n) is 6.46. The first kappa shape index (κ1) is 25.6. The van der Waals surface area contributed by atoms with E-state index in [1.165, 1.54) is 10.9 Å². The lowest BCUT2D eigenvalue weighted by Crippen LogP contribution is -2.32. The number of pyridine rings is 1. The van der Waals surface area contributed by atoms with Crippen LogP contribution in [-0.2, 0) is 17.9 Å². The third-order valence-corrected chi connectivity index (χ3v) is 6.65. The molecule has 0 radical (unpaired) electrons. The molecule has 2 atom stereocenters. The maximum Gasteiger partial charge on any atom is 0.328 e. The zero-order valence-corrected chi connectivity index (χ0v) is 22.1. The Hall–Kier alpha value is -4.02. The predicted molar refractivity (Wildman–Crippen MR) is 146 cm³/mol. The van der Waals surface area contributed by atoms with Crippen LogP contribution in [0.15, 0.2) is 54.9 Å². The van der Waals surface area contributed by atoms with Crippen LogP contribution in [-0.4, -0.2) is 54.0 Å². The number of halogens is 1. The van der Waals surface area contributed by atoms with Crippen LogP contribution in [0.5, 0.6) is 11.5 Å². The van der Waals surface area contributed by atoms with E-state index in [1.54, 1.807) is 20.3 Å². The van der Waals surface area contributed by atoms with E-state index in [0.29, 0.717) is 42.2 Å².